The Labute approximate surface area is 164 Å². The molecule has 1 aliphatic rings. The number of ether oxygens (including phenoxy) is 1. The van der Waals surface area contributed by atoms with Crippen molar-refractivity contribution in [3.8, 4) is 0 Å². The third-order valence-corrected chi connectivity index (χ3v) is 4.56. The van der Waals surface area contributed by atoms with Crippen LogP contribution < -0.4 is 16.0 Å². The quantitative estimate of drug-likeness (QED) is 0.345. The SMILES string of the molecule is CN=C(NCC(=O)NCCOC)NC1CCCN(Cc2c(F)cccc2F)C1. The second-order valence-corrected chi connectivity index (χ2v) is 6.69. The minimum absolute atomic E-state index is 0.0753. The zero-order valence-corrected chi connectivity index (χ0v) is 16.4. The molecule has 3 N–H and O–H groups in total. The number of benzene rings is 1. The number of halogens is 2. The van der Waals surface area contributed by atoms with Gasteiger partial charge in [-0.2, -0.15) is 0 Å². The number of carbonyl (C=O) groups excluding carboxylic acids is 1. The van der Waals surface area contributed by atoms with E-state index in [0.29, 0.717) is 25.7 Å². The highest BCUT2D eigenvalue weighted by molar-refractivity contribution is 5.86. The summed E-state index contributed by atoms with van der Waals surface area (Å²) in [4.78, 5) is 17.9. The average molecular weight is 397 g/mol. The number of guanidine groups is 1. The number of piperidine rings is 1. The lowest BCUT2D eigenvalue weighted by Crippen LogP contribution is -2.52. The summed E-state index contributed by atoms with van der Waals surface area (Å²) in [6, 6.07) is 4.00. The van der Waals surface area contributed by atoms with Gasteiger partial charge in [0.15, 0.2) is 5.96 Å². The van der Waals surface area contributed by atoms with Crippen molar-refractivity contribution in [3.05, 3.63) is 35.4 Å². The lowest BCUT2D eigenvalue weighted by molar-refractivity contribution is -0.120. The normalized spacial score (nSPS) is 18.0. The summed E-state index contributed by atoms with van der Waals surface area (Å²) in [5.41, 5.74) is 0.0957. The summed E-state index contributed by atoms with van der Waals surface area (Å²) >= 11 is 0. The minimum Gasteiger partial charge on any atom is -0.383 e. The Morgan fingerprint density at radius 3 is 2.75 bits per heavy atom. The molecule has 2 rings (SSSR count). The molecule has 1 fully saturated rings. The predicted molar refractivity (Wildman–Crippen MR) is 104 cm³/mol. The van der Waals surface area contributed by atoms with Gasteiger partial charge in [-0.3, -0.25) is 14.7 Å². The Morgan fingerprint density at radius 2 is 2.07 bits per heavy atom. The first-order chi connectivity index (χ1) is 13.5. The molecule has 1 amide bonds. The molecule has 28 heavy (non-hydrogen) atoms. The molecule has 1 unspecified atom stereocenters. The average Bonchev–Trinajstić information content (AvgIpc) is 2.68. The maximum Gasteiger partial charge on any atom is 0.239 e. The zero-order valence-electron chi connectivity index (χ0n) is 16.4. The molecule has 1 aromatic rings. The summed E-state index contributed by atoms with van der Waals surface area (Å²) in [5, 5.41) is 8.98. The standard InChI is InChI=1S/C19H29F2N5O2/c1-22-19(24-11-18(27)23-8-10-28-2)25-14-5-4-9-26(12-14)13-15-16(20)6-3-7-17(15)21/h3,6-7,14H,4-5,8-13H2,1-2H3,(H,23,27)(H2,22,24,25). The van der Waals surface area contributed by atoms with Crippen LogP contribution in [-0.4, -0.2) is 69.8 Å². The number of amides is 1. The van der Waals surface area contributed by atoms with Crippen molar-refractivity contribution in [1.29, 1.82) is 0 Å². The van der Waals surface area contributed by atoms with Gasteiger partial charge in [-0.15, -0.1) is 0 Å². The topological polar surface area (TPSA) is 78.0 Å². The van der Waals surface area contributed by atoms with Crippen LogP contribution in [0.2, 0.25) is 0 Å². The predicted octanol–water partition coefficient (Wildman–Crippen LogP) is 0.857. The maximum absolute atomic E-state index is 13.9. The van der Waals surface area contributed by atoms with Crippen molar-refractivity contribution < 1.29 is 18.3 Å². The number of hydrogen-bond acceptors (Lipinski definition) is 4. The van der Waals surface area contributed by atoms with Crippen LogP contribution in [0.4, 0.5) is 8.78 Å². The molecular formula is C19H29F2N5O2. The van der Waals surface area contributed by atoms with Crippen LogP contribution in [0.25, 0.3) is 0 Å². The van der Waals surface area contributed by atoms with E-state index in [1.165, 1.54) is 18.2 Å². The van der Waals surface area contributed by atoms with Crippen LogP contribution in [0, 0.1) is 11.6 Å². The molecule has 1 aliphatic heterocycles. The van der Waals surface area contributed by atoms with Gasteiger partial charge in [0.2, 0.25) is 5.91 Å². The van der Waals surface area contributed by atoms with Crippen molar-refractivity contribution >= 4 is 11.9 Å². The van der Waals surface area contributed by atoms with E-state index in [0.717, 1.165) is 19.4 Å². The van der Waals surface area contributed by atoms with E-state index in [9.17, 15) is 13.6 Å². The van der Waals surface area contributed by atoms with Crippen LogP contribution in [0.1, 0.15) is 18.4 Å². The van der Waals surface area contributed by atoms with Crippen molar-refractivity contribution in [2.24, 2.45) is 4.99 Å². The van der Waals surface area contributed by atoms with Crippen LogP contribution in [0.15, 0.2) is 23.2 Å². The smallest absolute Gasteiger partial charge is 0.239 e. The van der Waals surface area contributed by atoms with E-state index in [4.69, 9.17) is 4.74 Å². The van der Waals surface area contributed by atoms with Gasteiger partial charge in [0.05, 0.1) is 13.2 Å². The Bertz CT molecular complexity index is 651. The summed E-state index contributed by atoms with van der Waals surface area (Å²) < 4.78 is 32.7. The molecule has 1 heterocycles. The summed E-state index contributed by atoms with van der Waals surface area (Å²) in [6.07, 6.45) is 1.82. The van der Waals surface area contributed by atoms with Crippen LogP contribution in [-0.2, 0) is 16.1 Å². The molecule has 0 radical (unpaired) electrons. The number of likely N-dealkylation sites (tertiary alicyclic amines) is 1. The number of rotatable bonds is 8. The van der Waals surface area contributed by atoms with Crippen LogP contribution >= 0.6 is 0 Å². The minimum atomic E-state index is -0.521. The molecule has 9 heteroatoms. The van der Waals surface area contributed by atoms with E-state index in [1.54, 1.807) is 14.2 Å². The Balaban J connectivity index is 1.82. The number of carbonyl (C=O) groups is 1. The molecule has 156 valence electrons. The highest BCUT2D eigenvalue weighted by Gasteiger charge is 2.22. The van der Waals surface area contributed by atoms with Gasteiger partial charge in [-0.25, -0.2) is 8.78 Å². The Morgan fingerprint density at radius 1 is 1.32 bits per heavy atom. The first-order valence-electron chi connectivity index (χ1n) is 9.41. The fourth-order valence-corrected chi connectivity index (χ4v) is 3.13. The number of aliphatic imine (C=N–C) groups is 1. The van der Waals surface area contributed by atoms with Gasteiger partial charge in [-0.05, 0) is 31.5 Å². The first kappa shape index (κ1) is 22.0. The molecule has 0 aromatic heterocycles. The molecule has 0 aliphatic carbocycles. The van der Waals surface area contributed by atoms with E-state index in [2.05, 4.69) is 20.9 Å². The van der Waals surface area contributed by atoms with Gasteiger partial charge >= 0.3 is 0 Å². The van der Waals surface area contributed by atoms with Gasteiger partial charge in [-0.1, -0.05) is 6.07 Å². The molecule has 0 spiro atoms. The Kier molecular flexibility index (Phi) is 9.09. The second-order valence-electron chi connectivity index (χ2n) is 6.69. The largest absolute Gasteiger partial charge is 0.383 e. The fraction of sp³-hybridized carbons (Fsp3) is 0.579. The third kappa shape index (κ3) is 7.05. The van der Waals surface area contributed by atoms with E-state index in [-0.39, 0.29) is 30.6 Å². The number of methoxy groups -OCH3 is 1. The molecule has 1 atom stereocenters. The highest BCUT2D eigenvalue weighted by atomic mass is 19.1. The molecule has 0 saturated carbocycles. The van der Waals surface area contributed by atoms with E-state index < -0.39 is 11.6 Å². The number of nitrogens with one attached hydrogen (secondary N) is 3. The van der Waals surface area contributed by atoms with E-state index in [1.807, 2.05) is 4.90 Å². The number of nitrogens with zero attached hydrogens (tertiary/aromatic N) is 2. The molecule has 7 nitrogen and oxygen atoms in total. The molecule has 1 aromatic carbocycles. The number of hydrogen-bond donors (Lipinski definition) is 3. The summed E-state index contributed by atoms with van der Waals surface area (Å²) in [5.74, 6) is -0.676. The summed E-state index contributed by atoms with van der Waals surface area (Å²) in [6.45, 7) is 2.64. The first-order valence-corrected chi connectivity index (χ1v) is 9.41. The van der Waals surface area contributed by atoms with Gasteiger partial charge in [0.25, 0.3) is 0 Å². The monoisotopic (exact) mass is 397 g/mol. The van der Waals surface area contributed by atoms with E-state index >= 15 is 0 Å². The summed E-state index contributed by atoms with van der Waals surface area (Å²) in [7, 11) is 3.21. The second kappa shape index (κ2) is 11.6. The van der Waals surface area contributed by atoms with Crippen LogP contribution in [0.5, 0.6) is 0 Å². The zero-order chi connectivity index (χ0) is 20.4. The van der Waals surface area contributed by atoms with Gasteiger partial charge in [0.1, 0.15) is 11.6 Å². The molecular weight excluding hydrogens is 368 g/mol. The highest BCUT2D eigenvalue weighted by Crippen LogP contribution is 2.18. The third-order valence-electron chi connectivity index (χ3n) is 4.56. The lowest BCUT2D eigenvalue weighted by atomic mass is 10.0. The fourth-order valence-electron chi connectivity index (χ4n) is 3.13. The van der Waals surface area contributed by atoms with Crippen molar-refractivity contribution in [3.63, 3.8) is 0 Å². The maximum atomic E-state index is 13.9. The van der Waals surface area contributed by atoms with Crippen molar-refractivity contribution in [2.75, 3.05) is 46.9 Å². The lowest BCUT2D eigenvalue weighted by Gasteiger charge is -2.34. The Hall–Kier alpha value is -2.26. The van der Waals surface area contributed by atoms with Crippen molar-refractivity contribution in [2.45, 2.75) is 25.4 Å². The van der Waals surface area contributed by atoms with Gasteiger partial charge < -0.3 is 20.7 Å². The van der Waals surface area contributed by atoms with Gasteiger partial charge in [0, 0.05) is 45.4 Å². The molecule has 0 bridgehead atoms. The molecule has 1 saturated heterocycles. The van der Waals surface area contributed by atoms with Crippen LogP contribution in [0.3, 0.4) is 0 Å². The van der Waals surface area contributed by atoms with Crippen molar-refractivity contribution in [1.82, 2.24) is 20.9 Å².